The summed E-state index contributed by atoms with van der Waals surface area (Å²) in [5, 5.41) is 15.7. The van der Waals surface area contributed by atoms with Gasteiger partial charge in [0.25, 0.3) is 0 Å². The van der Waals surface area contributed by atoms with E-state index in [1.807, 2.05) is 38.1 Å². The largest absolute Gasteiger partial charge is 0.394 e. The molecule has 16 heavy (non-hydrogen) atoms. The van der Waals surface area contributed by atoms with Crippen LogP contribution in [0.25, 0.3) is 0 Å². The van der Waals surface area contributed by atoms with Crippen LogP contribution in [0.3, 0.4) is 0 Å². The highest BCUT2D eigenvalue weighted by Crippen LogP contribution is 2.09. The molecule has 0 bridgehead atoms. The molecule has 0 heterocycles. The second-order valence-corrected chi connectivity index (χ2v) is 4.16. The zero-order valence-corrected chi connectivity index (χ0v) is 10.5. The first-order valence-electron chi connectivity index (χ1n) is 5.40. The first-order valence-corrected chi connectivity index (χ1v) is 5.81. The van der Waals surface area contributed by atoms with E-state index in [0.717, 1.165) is 12.1 Å². The lowest BCUT2D eigenvalue weighted by molar-refractivity contribution is 0.253. The van der Waals surface area contributed by atoms with Crippen molar-refractivity contribution in [1.29, 1.82) is 0 Å². The van der Waals surface area contributed by atoms with E-state index in [0.29, 0.717) is 5.11 Å². The van der Waals surface area contributed by atoms with E-state index in [4.69, 9.17) is 17.3 Å². The molecule has 0 aliphatic heterocycles. The second kappa shape index (κ2) is 6.45. The molecular formula is C12H18N2OS. The molecule has 0 amide bonds. The summed E-state index contributed by atoms with van der Waals surface area (Å²) in [6.07, 6.45) is 0.839. The molecule has 4 heteroatoms. The number of anilines is 1. The summed E-state index contributed by atoms with van der Waals surface area (Å²) in [5.74, 6) is 0. The van der Waals surface area contributed by atoms with Gasteiger partial charge in [-0.15, -0.1) is 0 Å². The summed E-state index contributed by atoms with van der Waals surface area (Å²) in [6.45, 7) is 4.12. The molecule has 0 spiro atoms. The maximum atomic E-state index is 9.04. The minimum Gasteiger partial charge on any atom is -0.394 e. The van der Waals surface area contributed by atoms with Crippen molar-refractivity contribution in [3.05, 3.63) is 29.8 Å². The zero-order chi connectivity index (χ0) is 12.0. The molecule has 88 valence electrons. The van der Waals surface area contributed by atoms with E-state index in [9.17, 15) is 0 Å². The lowest BCUT2D eigenvalue weighted by Crippen LogP contribution is -2.39. The second-order valence-electron chi connectivity index (χ2n) is 3.76. The molecule has 0 aliphatic rings. The van der Waals surface area contributed by atoms with Crippen LogP contribution in [0, 0.1) is 6.92 Å². The van der Waals surface area contributed by atoms with Crippen LogP contribution in [0.5, 0.6) is 0 Å². The van der Waals surface area contributed by atoms with Gasteiger partial charge in [-0.1, -0.05) is 19.1 Å². The maximum Gasteiger partial charge on any atom is 0.171 e. The molecule has 0 radical (unpaired) electrons. The fourth-order valence-corrected chi connectivity index (χ4v) is 1.64. The Morgan fingerprint density at radius 3 is 2.81 bits per heavy atom. The highest BCUT2D eigenvalue weighted by atomic mass is 32.1. The molecule has 0 aromatic heterocycles. The van der Waals surface area contributed by atoms with Crippen molar-refractivity contribution >= 4 is 23.0 Å². The number of thiocarbonyl (C=S) groups is 1. The number of benzene rings is 1. The van der Waals surface area contributed by atoms with Crippen molar-refractivity contribution < 1.29 is 5.11 Å². The van der Waals surface area contributed by atoms with Crippen molar-refractivity contribution in [2.24, 2.45) is 0 Å². The third kappa shape index (κ3) is 4.16. The van der Waals surface area contributed by atoms with Gasteiger partial charge in [-0.3, -0.25) is 0 Å². The van der Waals surface area contributed by atoms with Crippen LogP contribution in [-0.2, 0) is 0 Å². The van der Waals surface area contributed by atoms with Gasteiger partial charge in [0.1, 0.15) is 0 Å². The number of rotatable bonds is 4. The summed E-state index contributed by atoms with van der Waals surface area (Å²) in [5.41, 5.74) is 2.15. The molecule has 3 N–H and O–H groups in total. The van der Waals surface area contributed by atoms with Gasteiger partial charge in [0.15, 0.2) is 5.11 Å². The van der Waals surface area contributed by atoms with Crippen LogP contribution in [-0.4, -0.2) is 22.9 Å². The van der Waals surface area contributed by atoms with E-state index in [1.54, 1.807) is 0 Å². The Kier molecular flexibility index (Phi) is 5.22. The summed E-state index contributed by atoms with van der Waals surface area (Å²) >= 11 is 5.15. The normalized spacial score (nSPS) is 11.9. The first kappa shape index (κ1) is 12.9. The third-order valence-corrected chi connectivity index (χ3v) is 2.54. The van der Waals surface area contributed by atoms with E-state index >= 15 is 0 Å². The number of nitrogens with one attached hydrogen (secondary N) is 2. The van der Waals surface area contributed by atoms with E-state index in [-0.39, 0.29) is 12.6 Å². The summed E-state index contributed by atoms with van der Waals surface area (Å²) in [4.78, 5) is 0. The van der Waals surface area contributed by atoms with Crippen LogP contribution in [0.4, 0.5) is 5.69 Å². The van der Waals surface area contributed by atoms with Gasteiger partial charge in [0, 0.05) is 5.69 Å². The Morgan fingerprint density at radius 1 is 1.50 bits per heavy atom. The molecule has 3 nitrogen and oxygen atoms in total. The van der Waals surface area contributed by atoms with Crippen LogP contribution in [0.2, 0.25) is 0 Å². The van der Waals surface area contributed by atoms with Crippen molar-refractivity contribution in [2.75, 3.05) is 11.9 Å². The molecule has 0 aliphatic carbocycles. The number of aliphatic hydroxyl groups excluding tert-OH is 1. The predicted octanol–water partition coefficient (Wildman–Crippen LogP) is 2.05. The van der Waals surface area contributed by atoms with Crippen molar-refractivity contribution in [3.63, 3.8) is 0 Å². The van der Waals surface area contributed by atoms with Crippen LogP contribution in [0.1, 0.15) is 18.9 Å². The lowest BCUT2D eigenvalue weighted by atomic mass is 10.2. The molecular weight excluding hydrogens is 220 g/mol. The van der Waals surface area contributed by atoms with Gasteiger partial charge in [0.05, 0.1) is 12.6 Å². The Hall–Kier alpha value is -1.13. The van der Waals surface area contributed by atoms with E-state index < -0.39 is 0 Å². The highest BCUT2D eigenvalue weighted by Gasteiger charge is 2.05. The van der Waals surface area contributed by atoms with Crippen LogP contribution >= 0.6 is 12.2 Å². The minimum atomic E-state index is 0.0183. The number of hydrogen-bond acceptors (Lipinski definition) is 2. The molecule has 1 atom stereocenters. The fourth-order valence-electron chi connectivity index (χ4n) is 1.35. The lowest BCUT2D eigenvalue weighted by Gasteiger charge is -2.17. The number of aryl methyl sites for hydroxylation is 1. The molecule has 0 fully saturated rings. The quantitative estimate of drug-likeness (QED) is 0.703. The van der Waals surface area contributed by atoms with Crippen molar-refractivity contribution in [2.45, 2.75) is 26.3 Å². The summed E-state index contributed by atoms with van der Waals surface area (Å²) in [7, 11) is 0. The predicted molar refractivity (Wildman–Crippen MR) is 71.7 cm³/mol. The number of hydrogen-bond donors (Lipinski definition) is 3. The SMILES string of the molecule is CC[C@@H](CO)NC(=S)Nc1cccc(C)c1. The summed E-state index contributed by atoms with van der Waals surface area (Å²) in [6, 6.07) is 8.01. The average Bonchev–Trinajstić information content (AvgIpc) is 2.26. The molecule has 0 saturated heterocycles. The van der Waals surface area contributed by atoms with E-state index in [2.05, 4.69) is 10.6 Å². The molecule has 0 unspecified atom stereocenters. The Morgan fingerprint density at radius 2 is 2.25 bits per heavy atom. The van der Waals surface area contributed by atoms with Gasteiger partial charge in [0.2, 0.25) is 0 Å². The van der Waals surface area contributed by atoms with Crippen molar-refractivity contribution in [1.82, 2.24) is 5.32 Å². The summed E-state index contributed by atoms with van der Waals surface area (Å²) < 4.78 is 0. The smallest absolute Gasteiger partial charge is 0.171 e. The Balaban J connectivity index is 2.51. The monoisotopic (exact) mass is 238 g/mol. The van der Waals surface area contributed by atoms with Crippen LogP contribution < -0.4 is 10.6 Å². The zero-order valence-electron chi connectivity index (χ0n) is 9.66. The van der Waals surface area contributed by atoms with Gasteiger partial charge >= 0.3 is 0 Å². The number of aliphatic hydroxyl groups is 1. The van der Waals surface area contributed by atoms with Gasteiger partial charge in [-0.2, -0.15) is 0 Å². The van der Waals surface area contributed by atoms with Gasteiger partial charge in [-0.05, 0) is 43.3 Å². The highest BCUT2D eigenvalue weighted by molar-refractivity contribution is 7.80. The standard InChI is InChI=1S/C12H18N2OS/c1-3-10(8-15)13-12(16)14-11-6-4-5-9(2)7-11/h4-7,10,15H,3,8H2,1-2H3,(H2,13,14,16)/t10-/m0/s1. The third-order valence-electron chi connectivity index (χ3n) is 2.32. The first-order chi connectivity index (χ1) is 7.65. The molecule has 1 aromatic carbocycles. The average molecular weight is 238 g/mol. The van der Waals surface area contributed by atoms with E-state index in [1.165, 1.54) is 5.56 Å². The molecule has 0 saturated carbocycles. The minimum absolute atomic E-state index is 0.0183. The van der Waals surface area contributed by atoms with Gasteiger partial charge < -0.3 is 15.7 Å². The molecule has 1 aromatic rings. The Bertz CT molecular complexity index is 351. The fraction of sp³-hybridized carbons (Fsp3) is 0.417. The van der Waals surface area contributed by atoms with Crippen LogP contribution in [0.15, 0.2) is 24.3 Å². The Labute approximate surface area is 102 Å². The topological polar surface area (TPSA) is 44.3 Å². The van der Waals surface area contributed by atoms with Crippen molar-refractivity contribution in [3.8, 4) is 0 Å². The molecule has 1 rings (SSSR count). The van der Waals surface area contributed by atoms with Gasteiger partial charge in [-0.25, -0.2) is 0 Å². The maximum absolute atomic E-state index is 9.04.